The molecule has 0 spiro atoms. The molecule has 0 amide bonds. The second kappa shape index (κ2) is 16.3. The topological polar surface area (TPSA) is 109 Å². The molecule has 0 aliphatic rings. The predicted octanol–water partition coefficient (Wildman–Crippen LogP) is 8.60. The summed E-state index contributed by atoms with van der Waals surface area (Å²) >= 11 is 0. The molecule has 0 heterocycles. The molecule has 0 radical (unpaired) electrons. The molecule has 0 aliphatic heterocycles. The molecule has 0 aliphatic carbocycles. The fraction of sp³-hybridized carbons (Fsp3) is 0.158. The van der Waals surface area contributed by atoms with Crippen molar-refractivity contribution >= 4 is 18.2 Å². The second-order valence-electron chi connectivity index (χ2n) is 10.3. The van der Waals surface area contributed by atoms with Crippen LogP contribution >= 0.6 is 0 Å². The van der Waals surface area contributed by atoms with Crippen LogP contribution in [-0.4, -0.2) is 24.8 Å². The molecule has 0 saturated carbocycles. The van der Waals surface area contributed by atoms with Crippen molar-refractivity contribution in [3.05, 3.63) is 132 Å². The number of carbonyl (C=O) groups excluding carboxylic acids is 2. The lowest BCUT2D eigenvalue weighted by atomic mass is 9.96. The maximum Gasteiger partial charge on any atom is 0.343 e. The SMILES string of the molecule is C=COCCCCCCc1ccc(-c2ccc(C(=O)Oc3ccc(-c4cc(OC(=O)C=C)c(C#N)cc4F)cc3)cc2C=N)cc1. The normalized spacial score (nSPS) is 10.3. The van der Waals surface area contributed by atoms with Crippen LogP contribution in [-0.2, 0) is 16.0 Å². The number of carbonyl (C=O) groups is 2. The largest absolute Gasteiger partial charge is 0.502 e. The molecule has 4 aromatic carbocycles. The van der Waals surface area contributed by atoms with Crippen molar-refractivity contribution in [1.29, 1.82) is 10.7 Å². The number of rotatable bonds is 15. The minimum atomic E-state index is -0.780. The first-order valence-corrected chi connectivity index (χ1v) is 14.7. The van der Waals surface area contributed by atoms with Crippen LogP contribution in [0, 0.1) is 22.6 Å². The van der Waals surface area contributed by atoms with Gasteiger partial charge in [0.15, 0.2) is 0 Å². The Labute approximate surface area is 267 Å². The molecule has 8 heteroatoms. The van der Waals surface area contributed by atoms with Crippen LogP contribution in [0.25, 0.3) is 22.3 Å². The minimum Gasteiger partial charge on any atom is -0.502 e. The van der Waals surface area contributed by atoms with E-state index in [2.05, 4.69) is 25.3 Å². The third-order valence-electron chi connectivity index (χ3n) is 7.25. The number of unbranched alkanes of at least 4 members (excludes halogenated alkanes) is 3. The Kier molecular flexibility index (Phi) is 11.7. The molecule has 232 valence electrons. The smallest absolute Gasteiger partial charge is 0.343 e. The van der Waals surface area contributed by atoms with Crippen molar-refractivity contribution in [2.45, 2.75) is 32.1 Å². The Morgan fingerprint density at radius 2 is 1.54 bits per heavy atom. The van der Waals surface area contributed by atoms with Crippen LogP contribution in [0.3, 0.4) is 0 Å². The molecule has 4 aromatic rings. The number of nitrogens with zero attached hydrogens (tertiary/aromatic N) is 1. The summed E-state index contributed by atoms with van der Waals surface area (Å²) < 4.78 is 30.6. The number of ether oxygens (including phenoxy) is 3. The van der Waals surface area contributed by atoms with Gasteiger partial charge in [-0.1, -0.05) is 68.5 Å². The van der Waals surface area contributed by atoms with Gasteiger partial charge in [-0.05, 0) is 77.9 Å². The lowest BCUT2D eigenvalue weighted by molar-refractivity contribution is -0.128. The van der Waals surface area contributed by atoms with Gasteiger partial charge in [-0.15, -0.1) is 0 Å². The van der Waals surface area contributed by atoms with Crippen LogP contribution < -0.4 is 9.47 Å². The maximum absolute atomic E-state index is 14.8. The lowest BCUT2D eigenvalue weighted by Crippen LogP contribution is -2.09. The van der Waals surface area contributed by atoms with Crippen molar-refractivity contribution in [3.63, 3.8) is 0 Å². The molecule has 46 heavy (non-hydrogen) atoms. The average molecular weight is 617 g/mol. The van der Waals surface area contributed by atoms with Crippen molar-refractivity contribution in [2.24, 2.45) is 0 Å². The van der Waals surface area contributed by atoms with E-state index in [1.54, 1.807) is 36.4 Å². The summed E-state index contributed by atoms with van der Waals surface area (Å²) in [6, 6.07) is 23.4. The minimum absolute atomic E-state index is 0.0911. The number of aryl methyl sites for hydroxylation is 1. The van der Waals surface area contributed by atoms with Crippen LogP contribution in [0.5, 0.6) is 11.5 Å². The van der Waals surface area contributed by atoms with Gasteiger partial charge in [0.1, 0.15) is 23.4 Å². The Morgan fingerprint density at radius 3 is 2.22 bits per heavy atom. The first-order valence-electron chi connectivity index (χ1n) is 14.7. The van der Waals surface area contributed by atoms with Crippen LogP contribution in [0.1, 0.15) is 52.7 Å². The molecule has 4 rings (SSSR count). The number of esters is 2. The van der Waals surface area contributed by atoms with Gasteiger partial charge < -0.3 is 19.6 Å². The summed E-state index contributed by atoms with van der Waals surface area (Å²) in [5.74, 6) is -1.95. The molecule has 7 nitrogen and oxygen atoms in total. The first kappa shape index (κ1) is 33.1. The van der Waals surface area contributed by atoms with Crippen LogP contribution in [0.15, 0.2) is 104 Å². The summed E-state index contributed by atoms with van der Waals surface area (Å²) in [6.45, 7) is 7.58. The number of hydrogen-bond donors (Lipinski definition) is 1. The molecule has 0 saturated heterocycles. The molecular formula is C38H33FN2O5. The number of nitriles is 1. The quantitative estimate of drug-likeness (QED) is 0.0358. The van der Waals surface area contributed by atoms with Gasteiger partial charge >= 0.3 is 11.9 Å². The molecular weight excluding hydrogens is 583 g/mol. The summed E-state index contributed by atoms with van der Waals surface area (Å²) in [5, 5.41) is 17.2. The maximum atomic E-state index is 14.8. The van der Waals surface area contributed by atoms with Gasteiger partial charge in [0, 0.05) is 23.4 Å². The highest BCUT2D eigenvalue weighted by molar-refractivity contribution is 5.97. The molecule has 0 atom stereocenters. The highest BCUT2D eigenvalue weighted by atomic mass is 19.1. The zero-order chi connectivity index (χ0) is 32.9. The van der Waals surface area contributed by atoms with E-state index in [1.165, 1.54) is 36.2 Å². The number of nitrogens with one attached hydrogen (secondary N) is 1. The Balaban J connectivity index is 1.41. The summed E-state index contributed by atoms with van der Waals surface area (Å²) in [5.41, 5.74) is 4.22. The van der Waals surface area contributed by atoms with Gasteiger partial charge in [-0.25, -0.2) is 14.0 Å². The third kappa shape index (κ3) is 8.64. The highest BCUT2D eigenvalue weighted by Crippen LogP contribution is 2.32. The van der Waals surface area contributed by atoms with Gasteiger partial charge in [0.2, 0.25) is 0 Å². The van der Waals surface area contributed by atoms with Crippen molar-refractivity contribution in [1.82, 2.24) is 0 Å². The number of hydrogen-bond acceptors (Lipinski definition) is 7. The van der Waals surface area contributed by atoms with Gasteiger partial charge in [0.25, 0.3) is 0 Å². The van der Waals surface area contributed by atoms with Crippen LogP contribution in [0.2, 0.25) is 0 Å². The van der Waals surface area contributed by atoms with E-state index in [0.717, 1.165) is 55.4 Å². The van der Waals surface area contributed by atoms with E-state index in [0.29, 0.717) is 17.7 Å². The van der Waals surface area contributed by atoms with E-state index in [1.807, 2.05) is 12.1 Å². The standard InChI is InChI=1S/C38H33FN2O5/c1-3-37(42)46-36-23-34(35(39)22-31(36)25-41)28-14-17-32(18-15-28)45-38(43)29-16-19-33(30(21-29)24-40)27-12-10-26(11-13-27)9-7-5-6-8-20-44-4-2/h3-4,10-19,21-24,40H,1-2,5-9,20H2. The van der Waals surface area contributed by atoms with E-state index in [4.69, 9.17) is 19.6 Å². The fourth-order valence-corrected chi connectivity index (χ4v) is 4.84. The predicted molar refractivity (Wildman–Crippen MR) is 175 cm³/mol. The molecule has 0 bridgehead atoms. The lowest BCUT2D eigenvalue weighted by Gasteiger charge is -2.11. The zero-order valence-corrected chi connectivity index (χ0v) is 25.3. The third-order valence-corrected chi connectivity index (χ3v) is 7.25. The second-order valence-corrected chi connectivity index (χ2v) is 10.3. The Bertz CT molecular complexity index is 1770. The molecule has 0 unspecified atom stereocenters. The first-order chi connectivity index (χ1) is 22.4. The Hall–Kier alpha value is -5.81. The summed E-state index contributed by atoms with van der Waals surface area (Å²) in [4.78, 5) is 24.6. The van der Waals surface area contributed by atoms with E-state index >= 15 is 0 Å². The average Bonchev–Trinajstić information content (AvgIpc) is 3.08. The van der Waals surface area contributed by atoms with Gasteiger partial charge in [0.05, 0.1) is 24.0 Å². The number of benzene rings is 4. The molecule has 1 N–H and O–H groups in total. The van der Waals surface area contributed by atoms with Gasteiger partial charge in [-0.3, -0.25) is 0 Å². The zero-order valence-electron chi connectivity index (χ0n) is 25.3. The summed E-state index contributed by atoms with van der Waals surface area (Å²) in [7, 11) is 0. The van der Waals surface area contributed by atoms with E-state index in [-0.39, 0.29) is 28.2 Å². The van der Waals surface area contributed by atoms with Crippen molar-refractivity contribution < 1.29 is 28.2 Å². The van der Waals surface area contributed by atoms with E-state index in [9.17, 15) is 19.2 Å². The van der Waals surface area contributed by atoms with Crippen LogP contribution in [0.4, 0.5) is 4.39 Å². The van der Waals surface area contributed by atoms with Gasteiger partial charge in [-0.2, -0.15) is 5.26 Å². The highest BCUT2D eigenvalue weighted by Gasteiger charge is 2.16. The monoisotopic (exact) mass is 616 g/mol. The molecule has 0 fully saturated rings. The summed E-state index contributed by atoms with van der Waals surface area (Å²) in [6.07, 6.45) is 8.97. The molecule has 0 aromatic heterocycles. The number of halogens is 1. The van der Waals surface area contributed by atoms with Crippen molar-refractivity contribution in [2.75, 3.05) is 6.61 Å². The fourth-order valence-electron chi connectivity index (χ4n) is 4.84. The Morgan fingerprint density at radius 1 is 0.848 bits per heavy atom. The van der Waals surface area contributed by atoms with E-state index < -0.39 is 17.8 Å². The van der Waals surface area contributed by atoms with Crippen molar-refractivity contribution in [3.8, 4) is 39.8 Å².